The van der Waals surface area contributed by atoms with Crippen LogP contribution in [0.25, 0.3) is 0 Å². The number of likely N-dealkylation sites (N-methyl/N-ethyl adjacent to an activating group) is 2. The summed E-state index contributed by atoms with van der Waals surface area (Å²) in [7, 11) is 2.24. The summed E-state index contributed by atoms with van der Waals surface area (Å²) >= 11 is 0. The third kappa shape index (κ3) is 1.18. The van der Waals surface area contributed by atoms with Crippen LogP contribution >= 0.6 is 0 Å². The lowest BCUT2D eigenvalue weighted by atomic mass is 10.1. The SMILES string of the molecule is CCN1CC[C@H]2CN(C)C[C@@H]21. The molecular formula is C9H18N2. The summed E-state index contributed by atoms with van der Waals surface area (Å²) in [6.45, 7) is 7.51. The number of hydrogen-bond donors (Lipinski definition) is 0. The number of nitrogens with zero attached hydrogens (tertiary/aromatic N) is 2. The van der Waals surface area contributed by atoms with Crippen molar-refractivity contribution in [3.05, 3.63) is 0 Å². The summed E-state index contributed by atoms with van der Waals surface area (Å²) in [5.41, 5.74) is 0. The van der Waals surface area contributed by atoms with Crippen molar-refractivity contribution in [2.45, 2.75) is 19.4 Å². The molecule has 2 aliphatic rings. The first-order valence-electron chi connectivity index (χ1n) is 4.74. The Bertz CT molecular complexity index is 144. The number of hydrogen-bond acceptors (Lipinski definition) is 2. The lowest BCUT2D eigenvalue weighted by Crippen LogP contribution is -2.34. The Labute approximate surface area is 69.2 Å². The highest BCUT2D eigenvalue weighted by Crippen LogP contribution is 2.29. The van der Waals surface area contributed by atoms with Crippen LogP contribution in [0.4, 0.5) is 0 Å². The highest BCUT2D eigenvalue weighted by atomic mass is 15.3. The second-order valence-corrected chi connectivity index (χ2v) is 3.97. The van der Waals surface area contributed by atoms with Crippen LogP contribution in [-0.4, -0.2) is 49.1 Å². The van der Waals surface area contributed by atoms with Crippen LogP contribution in [0.2, 0.25) is 0 Å². The molecule has 2 aliphatic heterocycles. The molecule has 0 spiro atoms. The molecule has 0 unspecified atom stereocenters. The minimum atomic E-state index is 0.894. The maximum atomic E-state index is 2.63. The van der Waals surface area contributed by atoms with Gasteiger partial charge >= 0.3 is 0 Å². The second kappa shape index (κ2) is 2.76. The zero-order valence-electron chi connectivity index (χ0n) is 7.58. The first kappa shape index (κ1) is 7.56. The topological polar surface area (TPSA) is 6.48 Å². The van der Waals surface area contributed by atoms with Crippen LogP contribution in [0.3, 0.4) is 0 Å². The Hall–Kier alpha value is -0.0800. The Morgan fingerprint density at radius 2 is 2.18 bits per heavy atom. The third-order valence-electron chi connectivity index (χ3n) is 3.25. The van der Waals surface area contributed by atoms with Crippen molar-refractivity contribution >= 4 is 0 Å². The highest BCUT2D eigenvalue weighted by molar-refractivity contribution is 4.94. The summed E-state index contributed by atoms with van der Waals surface area (Å²) in [6.07, 6.45) is 1.43. The van der Waals surface area contributed by atoms with Crippen LogP contribution in [0.1, 0.15) is 13.3 Å². The van der Waals surface area contributed by atoms with Crippen LogP contribution in [0.5, 0.6) is 0 Å². The summed E-state index contributed by atoms with van der Waals surface area (Å²) in [6, 6.07) is 0.894. The van der Waals surface area contributed by atoms with Crippen molar-refractivity contribution in [1.29, 1.82) is 0 Å². The first-order valence-corrected chi connectivity index (χ1v) is 4.74. The summed E-state index contributed by atoms with van der Waals surface area (Å²) in [5.74, 6) is 0.986. The van der Waals surface area contributed by atoms with Gasteiger partial charge in [0.2, 0.25) is 0 Å². The Kier molecular flexibility index (Phi) is 1.90. The molecule has 0 aromatic carbocycles. The molecular weight excluding hydrogens is 136 g/mol. The van der Waals surface area contributed by atoms with E-state index < -0.39 is 0 Å². The van der Waals surface area contributed by atoms with E-state index in [2.05, 4.69) is 23.8 Å². The van der Waals surface area contributed by atoms with E-state index in [-0.39, 0.29) is 0 Å². The zero-order valence-corrected chi connectivity index (χ0v) is 7.58. The standard InChI is InChI=1S/C9H18N2/c1-3-11-5-4-8-6-10(2)7-9(8)11/h8-9H,3-7H2,1-2H3/t8-,9-/m0/s1. The van der Waals surface area contributed by atoms with Crippen molar-refractivity contribution in [2.24, 2.45) is 5.92 Å². The van der Waals surface area contributed by atoms with E-state index in [4.69, 9.17) is 0 Å². The summed E-state index contributed by atoms with van der Waals surface area (Å²) in [5, 5.41) is 0. The lowest BCUT2D eigenvalue weighted by Gasteiger charge is -2.21. The van der Waals surface area contributed by atoms with Crippen molar-refractivity contribution in [1.82, 2.24) is 9.80 Å². The molecule has 2 fully saturated rings. The molecule has 0 aromatic rings. The predicted octanol–water partition coefficient (Wildman–Crippen LogP) is 0.642. The van der Waals surface area contributed by atoms with Crippen LogP contribution in [0, 0.1) is 5.92 Å². The summed E-state index contributed by atoms with van der Waals surface area (Å²) in [4.78, 5) is 5.10. The Morgan fingerprint density at radius 1 is 1.36 bits per heavy atom. The number of rotatable bonds is 1. The van der Waals surface area contributed by atoms with E-state index >= 15 is 0 Å². The van der Waals surface area contributed by atoms with E-state index in [1.807, 2.05) is 0 Å². The molecule has 0 bridgehead atoms. The monoisotopic (exact) mass is 154 g/mol. The molecule has 11 heavy (non-hydrogen) atoms. The van der Waals surface area contributed by atoms with Gasteiger partial charge in [-0.2, -0.15) is 0 Å². The minimum Gasteiger partial charge on any atom is -0.304 e. The maximum Gasteiger partial charge on any atom is 0.0263 e. The Morgan fingerprint density at radius 3 is 2.91 bits per heavy atom. The van der Waals surface area contributed by atoms with Crippen molar-refractivity contribution in [3.63, 3.8) is 0 Å². The largest absolute Gasteiger partial charge is 0.304 e. The average Bonchev–Trinajstić information content (AvgIpc) is 2.45. The quantitative estimate of drug-likeness (QED) is 0.547. The molecule has 0 amide bonds. The molecule has 2 heterocycles. The van der Waals surface area contributed by atoms with Crippen LogP contribution in [0.15, 0.2) is 0 Å². The van der Waals surface area contributed by atoms with Gasteiger partial charge in [-0.15, -0.1) is 0 Å². The molecule has 64 valence electrons. The molecule has 2 rings (SSSR count). The van der Waals surface area contributed by atoms with Gasteiger partial charge in [0.25, 0.3) is 0 Å². The smallest absolute Gasteiger partial charge is 0.0263 e. The highest BCUT2D eigenvalue weighted by Gasteiger charge is 2.38. The second-order valence-electron chi connectivity index (χ2n) is 3.97. The van der Waals surface area contributed by atoms with E-state index in [0.717, 1.165) is 12.0 Å². The van der Waals surface area contributed by atoms with Gasteiger partial charge in [-0.1, -0.05) is 6.92 Å². The van der Waals surface area contributed by atoms with Gasteiger partial charge in [0, 0.05) is 19.1 Å². The first-order chi connectivity index (χ1) is 5.31. The normalized spacial score (nSPS) is 39.8. The fourth-order valence-electron chi connectivity index (χ4n) is 2.65. The van der Waals surface area contributed by atoms with Crippen molar-refractivity contribution in [3.8, 4) is 0 Å². The van der Waals surface area contributed by atoms with Gasteiger partial charge < -0.3 is 4.90 Å². The molecule has 0 aliphatic carbocycles. The molecule has 2 heteroatoms. The molecule has 2 nitrogen and oxygen atoms in total. The van der Waals surface area contributed by atoms with E-state index in [0.29, 0.717) is 0 Å². The molecule has 2 atom stereocenters. The number of likely N-dealkylation sites (tertiary alicyclic amines) is 2. The molecule has 0 saturated carbocycles. The van der Waals surface area contributed by atoms with E-state index in [1.54, 1.807) is 0 Å². The van der Waals surface area contributed by atoms with Gasteiger partial charge in [-0.05, 0) is 32.5 Å². The zero-order chi connectivity index (χ0) is 7.84. The maximum absolute atomic E-state index is 2.63. The van der Waals surface area contributed by atoms with Gasteiger partial charge in [-0.25, -0.2) is 0 Å². The van der Waals surface area contributed by atoms with Gasteiger partial charge in [0.05, 0.1) is 0 Å². The van der Waals surface area contributed by atoms with Gasteiger partial charge in [0.1, 0.15) is 0 Å². The minimum absolute atomic E-state index is 0.894. The summed E-state index contributed by atoms with van der Waals surface area (Å²) < 4.78 is 0. The van der Waals surface area contributed by atoms with Crippen LogP contribution < -0.4 is 0 Å². The lowest BCUT2D eigenvalue weighted by molar-refractivity contribution is 0.247. The predicted molar refractivity (Wildman–Crippen MR) is 46.6 cm³/mol. The van der Waals surface area contributed by atoms with Gasteiger partial charge in [-0.3, -0.25) is 4.90 Å². The number of fused-ring (bicyclic) bond motifs is 1. The molecule has 2 saturated heterocycles. The average molecular weight is 154 g/mol. The molecule has 0 N–H and O–H groups in total. The fraction of sp³-hybridized carbons (Fsp3) is 1.00. The third-order valence-corrected chi connectivity index (χ3v) is 3.25. The van der Waals surface area contributed by atoms with Gasteiger partial charge in [0.15, 0.2) is 0 Å². The molecule has 0 aromatic heterocycles. The van der Waals surface area contributed by atoms with E-state index in [9.17, 15) is 0 Å². The molecule has 0 radical (unpaired) electrons. The van der Waals surface area contributed by atoms with Crippen LogP contribution in [-0.2, 0) is 0 Å². The fourth-order valence-corrected chi connectivity index (χ4v) is 2.65. The van der Waals surface area contributed by atoms with E-state index in [1.165, 1.54) is 32.6 Å². The van der Waals surface area contributed by atoms with Crippen molar-refractivity contribution in [2.75, 3.05) is 33.2 Å². The van der Waals surface area contributed by atoms with Crippen molar-refractivity contribution < 1.29 is 0 Å². The Balaban J connectivity index is 2.01.